The number of anilines is 1. The zero-order chi connectivity index (χ0) is 13.7. The Balaban J connectivity index is 2.04. The van der Waals surface area contributed by atoms with Gasteiger partial charge in [0.05, 0.1) is 18.2 Å². The molecule has 1 aromatic carbocycles. The Bertz CT molecular complexity index is 548. The van der Waals surface area contributed by atoms with Crippen molar-refractivity contribution in [2.75, 3.05) is 25.6 Å². The Morgan fingerprint density at radius 1 is 1.42 bits per heavy atom. The van der Waals surface area contributed by atoms with Crippen molar-refractivity contribution in [3.63, 3.8) is 0 Å². The molecule has 5 heteroatoms. The third-order valence-corrected chi connectivity index (χ3v) is 3.35. The van der Waals surface area contributed by atoms with E-state index in [0.717, 1.165) is 21.1 Å². The first-order valence-corrected chi connectivity index (χ1v) is 6.95. The second-order valence-electron chi connectivity index (χ2n) is 4.34. The van der Waals surface area contributed by atoms with Gasteiger partial charge < -0.3 is 15.2 Å². The number of aliphatic hydroxyl groups is 1. The number of pyridine rings is 1. The van der Waals surface area contributed by atoms with Gasteiger partial charge in [0.1, 0.15) is 0 Å². The van der Waals surface area contributed by atoms with Crippen molar-refractivity contribution in [1.29, 1.82) is 0 Å². The zero-order valence-electron chi connectivity index (χ0n) is 10.8. The Labute approximate surface area is 120 Å². The third kappa shape index (κ3) is 3.89. The van der Waals surface area contributed by atoms with Crippen LogP contribution >= 0.6 is 15.9 Å². The molecule has 1 unspecified atom stereocenters. The van der Waals surface area contributed by atoms with Gasteiger partial charge in [0.15, 0.2) is 0 Å². The van der Waals surface area contributed by atoms with Gasteiger partial charge in [0.2, 0.25) is 0 Å². The van der Waals surface area contributed by atoms with Crippen LogP contribution in [0.15, 0.2) is 34.9 Å². The second kappa shape index (κ2) is 6.84. The minimum absolute atomic E-state index is 0.367. The van der Waals surface area contributed by atoms with E-state index >= 15 is 0 Å². The van der Waals surface area contributed by atoms with Gasteiger partial charge in [-0.05, 0) is 30.7 Å². The van der Waals surface area contributed by atoms with Crippen LogP contribution in [0.25, 0.3) is 10.9 Å². The van der Waals surface area contributed by atoms with Gasteiger partial charge in [-0.25, -0.2) is 0 Å². The fourth-order valence-electron chi connectivity index (χ4n) is 1.92. The fraction of sp³-hybridized carbons (Fsp3) is 0.357. The average molecular weight is 325 g/mol. The summed E-state index contributed by atoms with van der Waals surface area (Å²) in [6.45, 7) is 1.06. The lowest BCUT2D eigenvalue weighted by Gasteiger charge is -2.12. The maximum Gasteiger partial charge on any atom is 0.0790 e. The largest absolute Gasteiger partial charge is 0.391 e. The summed E-state index contributed by atoms with van der Waals surface area (Å²) in [5, 5.41) is 14.0. The molecule has 0 fully saturated rings. The fourth-order valence-corrected chi connectivity index (χ4v) is 2.27. The molecule has 0 aliphatic rings. The Kier molecular flexibility index (Phi) is 5.13. The number of rotatable bonds is 6. The predicted octanol–water partition coefficient (Wildman–Crippen LogP) is 2.81. The van der Waals surface area contributed by atoms with Crippen LogP contribution in [0, 0.1) is 0 Å². The molecule has 0 radical (unpaired) electrons. The summed E-state index contributed by atoms with van der Waals surface area (Å²) < 4.78 is 5.91. The summed E-state index contributed by atoms with van der Waals surface area (Å²) in [4.78, 5) is 4.34. The Hall–Kier alpha value is -1.17. The summed E-state index contributed by atoms with van der Waals surface area (Å²) in [6.07, 6.45) is 2.00. The number of hydrogen-bond acceptors (Lipinski definition) is 4. The molecule has 0 amide bonds. The van der Waals surface area contributed by atoms with Crippen molar-refractivity contribution < 1.29 is 9.84 Å². The van der Waals surface area contributed by atoms with Crippen LogP contribution in [0.4, 0.5) is 5.69 Å². The van der Waals surface area contributed by atoms with Gasteiger partial charge in [-0.2, -0.15) is 0 Å². The summed E-state index contributed by atoms with van der Waals surface area (Å²) in [7, 11) is 1.59. The van der Waals surface area contributed by atoms with E-state index in [2.05, 4.69) is 26.2 Å². The molecule has 2 rings (SSSR count). The van der Waals surface area contributed by atoms with Crippen LogP contribution in [-0.4, -0.2) is 36.5 Å². The number of halogens is 1. The molecule has 0 spiro atoms. The van der Waals surface area contributed by atoms with Crippen LogP contribution in [0.1, 0.15) is 6.42 Å². The topological polar surface area (TPSA) is 54.4 Å². The van der Waals surface area contributed by atoms with Crippen LogP contribution < -0.4 is 5.32 Å². The molecule has 1 atom stereocenters. The van der Waals surface area contributed by atoms with Crippen molar-refractivity contribution in [3.05, 3.63) is 34.9 Å². The number of aliphatic hydroxyl groups excluding tert-OH is 1. The van der Waals surface area contributed by atoms with Crippen LogP contribution in [0.5, 0.6) is 0 Å². The molecule has 2 N–H and O–H groups in total. The minimum Gasteiger partial charge on any atom is -0.391 e. The van der Waals surface area contributed by atoms with Crippen molar-refractivity contribution >= 4 is 32.5 Å². The molecule has 0 saturated carbocycles. The molecule has 0 aliphatic heterocycles. The molecule has 1 heterocycles. The highest BCUT2D eigenvalue weighted by molar-refractivity contribution is 9.10. The smallest absolute Gasteiger partial charge is 0.0790 e. The minimum atomic E-state index is -0.431. The van der Waals surface area contributed by atoms with Crippen LogP contribution in [-0.2, 0) is 4.74 Å². The molecule has 0 bridgehead atoms. The van der Waals surface area contributed by atoms with Gasteiger partial charge in [-0.1, -0.05) is 15.9 Å². The van der Waals surface area contributed by atoms with E-state index in [1.165, 1.54) is 0 Å². The molecule has 19 heavy (non-hydrogen) atoms. The SMILES string of the molecule is COCC(O)CCNc1ccnc2cc(Br)ccc12. The zero-order valence-corrected chi connectivity index (χ0v) is 12.4. The number of nitrogens with one attached hydrogen (secondary N) is 1. The molecular formula is C14H17BrN2O2. The Morgan fingerprint density at radius 2 is 2.26 bits per heavy atom. The molecular weight excluding hydrogens is 308 g/mol. The van der Waals surface area contributed by atoms with E-state index in [1.807, 2.05) is 24.3 Å². The molecule has 0 saturated heterocycles. The highest BCUT2D eigenvalue weighted by atomic mass is 79.9. The highest BCUT2D eigenvalue weighted by Gasteiger charge is 2.05. The van der Waals surface area contributed by atoms with E-state index in [0.29, 0.717) is 19.6 Å². The third-order valence-electron chi connectivity index (χ3n) is 2.86. The first kappa shape index (κ1) is 14.2. The normalized spacial score (nSPS) is 12.6. The van der Waals surface area contributed by atoms with E-state index < -0.39 is 6.10 Å². The quantitative estimate of drug-likeness (QED) is 0.857. The number of benzene rings is 1. The highest BCUT2D eigenvalue weighted by Crippen LogP contribution is 2.24. The van der Waals surface area contributed by atoms with E-state index in [1.54, 1.807) is 13.3 Å². The van der Waals surface area contributed by atoms with Crippen molar-refractivity contribution in [3.8, 4) is 0 Å². The molecule has 4 nitrogen and oxygen atoms in total. The van der Waals surface area contributed by atoms with Crippen molar-refractivity contribution in [1.82, 2.24) is 4.98 Å². The van der Waals surface area contributed by atoms with Gasteiger partial charge in [-0.15, -0.1) is 0 Å². The number of methoxy groups -OCH3 is 1. The summed E-state index contributed by atoms with van der Waals surface area (Å²) >= 11 is 3.44. The maximum absolute atomic E-state index is 9.59. The standard InChI is InChI=1S/C14H17BrN2O2/c1-19-9-11(18)4-6-16-13-5-7-17-14-8-10(15)2-3-12(13)14/h2-3,5,7-8,11,18H,4,6,9H2,1H3,(H,16,17). The van der Waals surface area contributed by atoms with Gasteiger partial charge in [0, 0.05) is 35.4 Å². The van der Waals surface area contributed by atoms with E-state index in [-0.39, 0.29) is 0 Å². The number of ether oxygens (including phenoxy) is 1. The first-order chi connectivity index (χ1) is 9.20. The number of aromatic nitrogens is 1. The second-order valence-corrected chi connectivity index (χ2v) is 5.26. The number of fused-ring (bicyclic) bond motifs is 1. The lowest BCUT2D eigenvalue weighted by atomic mass is 10.2. The summed E-state index contributed by atoms with van der Waals surface area (Å²) in [5.41, 5.74) is 1.97. The van der Waals surface area contributed by atoms with Gasteiger partial charge in [-0.3, -0.25) is 4.98 Å². The van der Waals surface area contributed by atoms with Crippen LogP contribution in [0.3, 0.4) is 0 Å². The maximum atomic E-state index is 9.59. The number of hydrogen-bond donors (Lipinski definition) is 2. The van der Waals surface area contributed by atoms with Crippen molar-refractivity contribution in [2.24, 2.45) is 0 Å². The van der Waals surface area contributed by atoms with Gasteiger partial charge >= 0.3 is 0 Å². The lowest BCUT2D eigenvalue weighted by molar-refractivity contribution is 0.0615. The molecule has 0 aliphatic carbocycles. The van der Waals surface area contributed by atoms with E-state index in [9.17, 15) is 5.11 Å². The summed E-state index contributed by atoms with van der Waals surface area (Å²) in [6, 6.07) is 7.95. The van der Waals surface area contributed by atoms with Crippen LogP contribution in [0.2, 0.25) is 0 Å². The predicted molar refractivity (Wildman–Crippen MR) is 80.4 cm³/mol. The molecule has 2 aromatic rings. The Morgan fingerprint density at radius 3 is 3.05 bits per heavy atom. The lowest BCUT2D eigenvalue weighted by Crippen LogP contribution is -2.18. The summed E-state index contributed by atoms with van der Waals surface area (Å²) in [5.74, 6) is 0. The first-order valence-electron chi connectivity index (χ1n) is 6.16. The molecule has 1 aromatic heterocycles. The van der Waals surface area contributed by atoms with E-state index in [4.69, 9.17) is 4.74 Å². The van der Waals surface area contributed by atoms with Crippen molar-refractivity contribution in [2.45, 2.75) is 12.5 Å². The monoisotopic (exact) mass is 324 g/mol. The van der Waals surface area contributed by atoms with Gasteiger partial charge in [0.25, 0.3) is 0 Å². The average Bonchev–Trinajstić information content (AvgIpc) is 2.39. The number of nitrogens with zero attached hydrogens (tertiary/aromatic N) is 1. The molecule has 102 valence electrons.